The number of rotatable bonds is 4. The number of halogens is 7. The third-order valence-corrected chi connectivity index (χ3v) is 14.1. The van der Waals surface area contributed by atoms with Crippen LogP contribution in [-0.4, -0.2) is 38.5 Å². The highest BCUT2D eigenvalue weighted by Crippen LogP contribution is 2.64. The molecule has 2 aromatic heterocycles. The van der Waals surface area contributed by atoms with Crippen LogP contribution in [0.4, 0.5) is 37.8 Å². The lowest BCUT2D eigenvalue weighted by atomic mass is 9.51. The molecule has 17 heteroatoms. The third-order valence-electron chi connectivity index (χ3n) is 12.5. The Balaban J connectivity index is 1.14. The van der Waals surface area contributed by atoms with E-state index >= 15 is 4.79 Å². The molecule has 59 heavy (non-hydrogen) atoms. The van der Waals surface area contributed by atoms with Crippen molar-refractivity contribution in [2.75, 3.05) is 9.80 Å². The van der Waals surface area contributed by atoms with Crippen molar-refractivity contribution in [2.24, 2.45) is 36.1 Å². The number of aromatic nitrogens is 2. The zero-order valence-electron chi connectivity index (χ0n) is 31.2. The van der Waals surface area contributed by atoms with Crippen molar-refractivity contribution < 1.29 is 50.6 Å². The molecule has 0 bridgehead atoms. The summed E-state index contributed by atoms with van der Waals surface area (Å²) in [5.74, 6) is -8.57. The molecule has 3 fully saturated rings. The van der Waals surface area contributed by atoms with E-state index in [0.717, 1.165) is 25.4 Å². The second kappa shape index (κ2) is 13.0. The van der Waals surface area contributed by atoms with Gasteiger partial charge in [-0.3, -0.25) is 23.9 Å². The summed E-state index contributed by atoms with van der Waals surface area (Å²) in [6, 6.07) is 13.8. The fourth-order valence-corrected chi connectivity index (χ4v) is 11.2. The number of alkyl halides is 6. The van der Waals surface area contributed by atoms with Crippen LogP contribution in [0.2, 0.25) is 5.02 Å². The van der Waals surface area contributed by atoms with Crippen LogP contribution in [0.5, 0.6) is 5.75 Å². The number of imide groups is 2. The number of amides is 4. The van der Waals surface area contributed by atoms with Crippen molar-refractivity contribution in [2.45, 2.75) is 45.0 Å². The number of allylic oxidation sites excluding steroid dienone is 2. The van der Waals surface area contributed by atoms with Gasteiger partial charge in [-0.1, -0.05) is 35.4 Å². The summed E-state index contributed by atoms with van der Waals surface area (Å²) in [4.78, 5) is 60.5. The Morgan fingerprint density at radius 1 is 0.864 bits per heavy atom. The number of aromatic hydroxyl groups is 1. The molecule has 4 amide bonds. The topological polar surface area (TPSA) is 113 Å². The summed E-state index contributed by atoms with van der Waals surface area (Å²) in [5.41, 5.74) is -3.42. The van der Waals surface area contributed by atoms with Gasteiger partial charge >= 0.3 is 12.4 Å². The first-order valence-corrected chi connectivity index (χ1v) is 19.7. The summed E-state index contributed by atoms with van der Waals surface area (Å²) < 4.78 is 85.7. The number of carbonyl (C=O) groups excluding carboxylic acids is 4. The van der Waals surface area contributed by atoms with E-state index < -0.39 is 87.8 Å². The Kier molecular flexibility index (Phi) is 8.60. The van der Waals surface area contributed by atoms with E-state index in [-0.39, 0.29) is 30.5 Å². The standard InChI is InChI=1S/C42H31ClF6N4O5S/c1-18-27-15-22(43)7-10-31(27)59-35(18)30-17-32(51(3)50-30)53-37(56)29-16-28-25(34(40(29,2)39(53)58)19-5-4-6-24(54)11-19)8-9-26-33(28)38(57)52(36(26)55)23-13-20(41(44,45)46)12-21(14-23)42(47,48)49/h4-8,10-15,17,26,28-29,33-34,54H,9,16H2,1-3H3/t26-,28+,29-,33-,34-,40+/m0/s1. The molecule has 0 unspecified atom stereocenters. The smallest absolute Gasteiger partial charge is 0.416 e. The summed E-state index contributed by atoms with van der Waals surface area (Å²) in [7, 11) is 1.60. The zero-order chi connectivity index (χ0) is 42.2. The number of thiophene rings is 1. The SMILES string of the molecule is Cc1c(-c2cc(N3C(=O)[C@@H]4C[C@@H]5C(=CC[C@@H]6C(=O)N(c7cc(C(F)(F)F)cc(C(F)(F)F)c7)C(=O)[C@@H]65)[C@H](c5cccc(O)c5)[C@]4(C)C3=O)n(C)n2)sc2ccc(Cl)cc12. The molecule has 2 aliphatic heterocycles. The molecule has 4 aliphatic rings. The van der Waals surface area contributed by atoms with Crippen LogP contribution in [-0.2, 0) is 38.6 Å². The Bertz CT molecular complexity index is 2690. The lowest BCUT2D eigenvalue weighted by Gasteiger charge is -2.49. The van der Waals surface area contributed by atoms with Crippen molar-refractivity contribution in [1.29, 1.82) is 0 Å². The normalized spacial score (nSPS) is 25.8. The van der Waals surface area contributed by atoms with Crippen LogP contribution in [0.1, 0.15) is 47.9 Å². The molecule has 2 saturated heterocycles. The minimum atomic E-state index is -5.23. The van der Waals surface area contributed by atoms with Gasteiger partial charge in [0, 0.05) is 28.8 Å². The minimum absolute atomic E-state index is 0.0809. The lowest BCUT2D eigenvalue weighted by molar-refractivity contribution is -0.143. The molecule has 6 atom stereocenters. The molecule has 2 aliphatic carbocycles. The molecular formula is C42H31ClF6N4O5S. The second-order valence-corrected chi connectivity index (χ2v) is 17.2. The first-order valence-electron chi connectivity index (χ1n) is 18.5. The number of benzene rings is 3. The zero-order valence-corrected chi connectivity index (χ0v) is 32.7. The van der Waals surface area contributed by atoms with Crippen LogP contribution in [0.15, 0.2) is 78.4 Å². The highest BCUT2D eigenvalue weighted by molar-refractivity contribution is 7.22. The maximum absolute atomic E-state index is 15.0. The highest BCUT2D eigenvalue weighted by Gasteiger charge is 2.68. The van der Waals surface area contributed by atoms with Crippen molar-refractivity contribution in [3.8, 4) is 16.3 Å². The second-order valence-electron chi connectivity index (χ2n) is 15.7. The number of aryl methyl sites for hydroxylation is 2. The van der Waals surface area contributed by atoms with Crippen LogP contribution in [0, 0.1) is 36.0 Å². The maximum Gasteiger partial charge on any atom is 0.416 e. The summed E-state index contributed by atoms with van der Waals surface area (Å²) >= 11 is 7.74. The Hall–Kier alpha value is -5.48. The van der Waals surface area contributed by atoms with E-state index in [2.05, 4.69) is 0 Å². The predicted octanol–water partition coefficient (Wildman–Crippen LogP) is 9.44. The van der Waals surface area contributed by atoms with E-state index in [0.29, 0.717) is 38.9 Å². The van der Waals surface area contributed by atoms with E-state index in [4.69, 9.17) is 16.7 Å². The number of nitrogens with zero attached hydrogens (tertiary/aromatic N) is 4. The number of carbonyl (C=O) groups is 4. The third kappa shape index (κ3) is 5.76. The number of fused-ring (bicyclic) bond motifs is 5. The quantitative estimate of drug-likeness (QED) is 0.110. The largest absolute Gasteiger partial charge is 0.508 e. The first-order chi connectivity index (χ1) is 27.7. The Morgan fingerprint density at radius 2 is 1.56 bits per heavy atom. The van der Waals surface area contributed by atoms with Gasteiger partial charge in [-0.05, 0) is 97.7 Å². The van der Waals surface area contributed by atoms with Gasteiger partial charge in [-0.2, -0.15) is 31.4 Å². The monoisotopic (exact) mass is 852 g/mol. The van der Waals surface area contributed by atoms with Crippen LogP contribution in [0.25, 0.3) is 20.7 Å². The van der Waals surface area contributed by atoms with Gasteiger partial charge in [0.05, 0.1) is 44.9 Å². The van der Waals surface area contributed by atoms with Gasteiger partial charge < -0.3 is 5.11 Å². The summed E-state index contributed by atoms with van der Waals surface area (Å²) in [6.07, 6.45) is -9.03. The highest BCUT2D eigenvalue weighted by atomic mass is 35.5. The number of anilines is 2. The summed E-state index contributed by atoms with van der Waals surface area (Å²) in [6.45, 7) is 3.56. The Labute approximate surface area is 340 Å². The van der Waals surface area contributed by atoms with Gasteiger partial charge in [0.15, 0.2) is 0 Å². The van der Waals surface area contributed by atoms with Gasteiger partial charge in [0.2, 0.25) is 23.6 Å². The van der Waals surface area contributed by atoms with Gasteiger partial charge in [-0.25, -0.2) is 9.80 Å². The van der Waals surface area contributed by atoms with Crippen molar-refractivity contribution >= 4 is 68.2 Å². The van der Waals surface area contributed by atoms with E-state index in [1.54, 1.807) is 44.3 Å². The molecule has 9 rings (SSSR count). The molecule has 304 valence electrons. The average Bonchev–Trinajstić information content (AvgIpc) is 3.84. The molecule has 3 aromatic carbocycles. The van der Waals surface area contributed by atoms with Gasteiger partial charge in [0.1, 0.15) is 17.3 Å². The molecule has 5 aromatic rings. The van der Waals surface area contributed by atoms with E-state index in [9.17, 15) is 45.8 Å². The van der Waals surface area contributed by atoms with Crippen molar-refractivity contribution in [3.63, 3.8) is 0 Å². The van der Waals surface area contributed by atoms with E-state index in [1.807, 2.05) is 19.1 Å². The molecule has 4 heterocycles. The maximum atomic E-state index is 15.0. The number of phenolic OH excluding ortho intramolecular Hbond substituents is 1. The molecule has 0 radical (unpaired) electrons. The number of hydrogen-bond acceptors (Lipinski definition) is 7. The summed E-state index contributed by atoms with van der Waals surface area (Å²) in [5, 5.41) is 16.8. The molecular weight excluding hydrogens is 822 g/mol. The average molecular weight is 853 g/mol. The van der Waals surface area contributed by atoms with Crippen LogP contribution >= 0.6 is 22.9 Å². The Morgan fingerprint density at radius 3 is 2.22 bits per heavy atom. The molecule has 9 nitrogen and oxygen atoms in total. The minimum Gasteiger partial charge on any atom is -0.508 e. The van der Waals surface area contributed by atoms with Crippen molar-refractivity contribution in [3.05, 3.63) is 106 Å². The van der Waals surface area contributed by atoms with E-state index in [1.165, 1.54) is 28.2 Å². The number of phenols is 1. The van der Waals surface area contributed by atoms with Gasteiger partial charge in [0.25, 0.3) is 0 Å². The fourth-order valence-electron chi connectivity index (χ4n) is 9.86. The number of hydrogen-bond donors (Lipinski definition) is 1. The molecule has 1 saturated carbocycles. The predicted molar refractivity (Wildman–Crippen MR) is 205 cm³/mol. The van der Waals surface area contributed by atoms with Crippen molar-refractivity contribution in [1.82, 2.24) is 9.78 Å². The lowest BCUT2D eigenvalue weighted by Crippen LogP contribution is -2.48. The molecule has 0 spiro atoms. The first kappa shape index (κ1) is 39.0. The van der Waals surface area contributed by atoms with Gasteiger partial charge in [-0.15, -0.1) is 11.3 Å². The fraction of sp³-hybridized carbons (Fsp3) is 0.310. The van der Waals surface area contributed by atoms with Crippen LogP contribution in [0.3, 0.4) is 0 Å². The molecule has 1 N–H and O–H groups in total. The van der Waals surface area contributed by atoms with Crippen LogP contribution < -0.4 is 9.80 Å².